The van der Waals surface area contributed by atoms with E-state index in [2.05, 4.69) is 30.5 Å². The van der Waals surface area contributed by atoms with Gasteiger partial charge in [-0.1, -0.05) is 11.6 Å². The van der Waals surface area contributed by atoms with E-state index in [1.165, 1.54) is 6.20 Å². The molecule has 4 aromatic heterocycles. The second-order valence-corrected chi connectivity index (χ2v) is 9.11. The highest BCUT2D eigenvalue weighted by atomic mass is 35.5. The van der Waals surface area contributed by atoms with Crippen molar-refractivity contribution in [3.63, 3.8) is 0 Å². The summed E-state index contributed by atoms with van der Waals surface area (Å²) >= 11 is 6.54. The van der Waals surface area contributed by atoms with E-state index in [4.69, 9.17) is 21.6 Å². The van der Waals surface area contributed by atoms with Crippen molar-refractivity contribution in [1.82, 2.24) is 30.2 Å². The quantitative estimate of drug-likeness (QED) is 0.375. The summed E-state index contributed by atoms with van der Waals surface area (Å²) in [5.74, 6) is -2.56. The lowest BCUT2D eigenvalue weighted by Crippen LogP contribution is -2.44. The summed E-state index contributed by atoms with van der Waals surface area (Å²) in [6, 6.07) is 3.71. The maximum Gasteiger partial charge on any atom is 0.251 e. The summed E-state index contributed by atoms with van der Waals surface area (Å²) in [5.41, 5.74) is 2.24. The molecule has 0 atom stereocenters. The molecule has 1 aliphatic carbocycles. The van der Waals surface area contributed by atoms with E-state index >= 15 is 0 Å². The maximum absolute atomic E-state index is 14.1. The molecular weight excluding hydrogens is 493 g/mol. The van der Waals surface area contributed by atoms with Crippen LogP contribution in [0.1, 0.15) is 24.3 Å². The van der Waals surface area contributed by atoms with Crippen LogP contribution in [0.4, 0.5) is 30.6 Å². The number of fused-ring (bicyclic) bond motifs is 1. The third-order valence-corrected chi connectivity index (χ3v) is 6.55. The van der Waals surface area contributed by atoms with Crippen molar-refractivity contribution in [2.45, 2.75) is 18.8 Å². The second kappa shape index (κ2) is 9.14. The smallest absolute Gasteiger partial charge is 0.251 e. The van der Waals surface area contributed by atoms with E-state index in [0.29, 0.717) is 28.9 Å². The summed E-state index contributed by atoms with van der Waals surface area (Å²) in [5, 5.41) is 7.16. The van der Waals surface area contributed by atoms with E-state index in [0.717, 1.165) is 55.8 Å². The minimum absolute atomic E-state index is 0.160. The largest absolute Gasteiger partial charge is 0.353 e. The molecule has 0 unspecified atom stereocenters. The maximum atomic E-state index is 14.1. The first-order chi connectivity index (χ1) is 17.5. The molecule has 2 aliphatic rings. The van der Waals surface area contributed by atoms with Gasteiger partial charge in [0.15, 0.2) is 28.4 Å². The van der Waals surface area contributed by atoms with Gasteiger partial charge in [-0.05, 0) is 36.5 Å². The van der Waals surface area contributed by atoms with E-state index in [1.807, 2.05) is 6.20 Å². The van der Waals surface area contributed by atoms with Crippen molar-refractivity contribution in [1.29, 1.82) is 0 Å². The molecule has 0 bridgehead atoms. The molecule has 5 heterocycles. The van der Waals surface area contributed by atoms with Crippen LogP contribution in [0, 0.1) is 17.6 Å². The first kappa shape index (κ1) is 22.9. The van der Waals surface area contributed by atoms with E-state index in [-0.39, 0.29) is 11.0 Å². The summed E-state index contributed by atoms with van der Waals surface area (Å²) in [6.07, 6.45) is 5.49. The summed E-state index contributed by atoms with van der Waals surface area (Å²) in [4.78, 5) is 23.7. The number of anilines is 3. The van der Waals surface area contributed by atoms with Crippen molar-refractivity contribution in [3.05, 3.63) is 58.9 Å². The predicted octanol–water partition coefficient (Wildman–Crippen LogP) is 4.58. The number of rotatable bonds is 5. The number of pyridine rings is 3. The fourth-order valence-electron chi connectivity index (χ4n) is 4.35. The number of hydrogen-bond donors (Lipinski definition) is 2. The van der Waals surface area contributed by atoms with Gasteiger partial charge in [-0.25, -0.2) is 28.7 Å². The van der Waals surface area contributed by atoms with Gasteiger partial charge in [-0.3, -0.25) is 0 Å². The van der Waals surface area contributed by atoms with Crippen LogP contribution in [-0.2, 0) is 0 Å². The fourth-order valence-corrected chi connectivity index (χ4v) is 4.53. The molecule has 1 saturated carbocycles. The first-order valence-corrected chi connectivity index (χ1v) is 11.9. The molecule has 0 aromatic carbocycles. The Morgan fingerprint density at radius 3 is 2.58 bits per heavy atom. The van der Waals surface area contributed by atoms with Crippen LogP contribution in [0.5, 0.6) is 0 Å². The Hall–Kier alpha value is -3.57. The molecule has 2 N–H and O–H groups in total. The number of halogens is 4. The van der Waals surface area contributed by atoms with Crippen molar-refractivity contribution in [3.8, 4) is 11.4 Å². The number of nitrogens with one attached hydrogen (secondary N) is 2. The Morgan fingerprint density at radius 2 is 1.81 bits per heavy atom. The van der Waals surface area contributed by atoms with Crippen LogP contribution >= 0.6 is 11.6 Å². The van der Waals surface area contributed by atoms with Crippen LogP contribution in [0.3, 0.4) is 0 Å². The van der Waals surface area contributed by atoms with Gasteiger partial charge in [0.2, 0.25) is 0 Å². The lowest BCUT2D eigenvalue weighted by atomic mass is 10.1. The van der Waals surface area contributed by atoms with Gasteiger partial charge in [0, 0.05) is 50.2 Å². The number of hydrogen-bond acceptors (Lipinski definition) is 8. The monoisotopic (exact) mass is 512 g/mol. The standard InChI is InChI=1S/C24H20ClF3N8/c25-20-19-18(14(11-31-20)12-1-2-12)24(36-7-5-29-6-8-36)35-22(33-19)13-3-4-30-17(9-13)32-23-16(27)10-15(26)21(28)34-23/h3-4,9-12,29H,1-2,5-8H2,(H,30,32,34). The first-order valence-electron chi connectivity index (χ1n) is 11.5. The zero-order chi connectivity index (χ0) is 24.8. The summed E-state index contributed by atoms with van der Waals surface area (Å²) < 4.78 is 40.9. The summed E-state index contributed by atoms with van der Waals surface area (Å²) in [6.45, 7) is 3.21. The van der Waals surface area contributed by atoms with Crippen molar-refractivity contribution in [2.75, 3.05) is 36.4 Å². The summed E-state index contributed by atoms with van der Waals surface area (Å²) in [7, 11) is 0. The van der Waals surface area contributed by atoms with Crippen LogP contribution in [0.15, 0.2) is 30.6 Å². The van der Waals surface area contributed by atoms with E-state index < -0.39 is 23.4 Å². The number of piperazine rings is 1. The molecule has 1 saturated heterocycles. The van der Waals surface area contributed by atoms with Crippen molar-refractivity contribution >= 4 is 40.0 Å². The average molecular weight is 513 g/mol. The predicted molar refractivity (Wildman–Crippen MR) is 130 cm³/mol. The number of nitrogens with zero attached hydrogens (tertiary/aromatic N) is 6. The third kappa shape index (κ3) is 4.28. The topological polar surface area (TPSA) is 91.8 Å². The van der Waals surface area contributed by atoms with Crippen LogP contribution in [0.25, 0.3) is 22.3 Å². The third-order valence-electron chi connectivity index (χ3n) is 6.28. The Morgan fingerprint density at radius 1 is 1.00 bits per heavy atom. The Balaban J connectivity index is 1.45. The highest BCUT2D eigenvalue weighted by Crippen LogP contribution is 2.46. The van der Waals surface area contributed by atoms with Crippen LogP contribution in [0.2, 0.25) is 5.15 Å². The molecule has 8 nitrogen and oxygen atoms in total. The molecule has 0 spiro atoms. The zero-order valence-electron chi connectivity index (χ0n) is 18.9. The Labute approximate surface area is 209 Å². The van der Waals surface area contributed by atoms with Crippen molar-refractivity contribution in [2.24, 2.45) is 0 Å². The molecule has 1 aliphatic heterocycles. The molecule has 4 aromatic rings. The van der Waals surface area contributed by atoms with Gasteiger partial charge in [-0.15, -0.1) is 0 Å². The molecular formula is C24H20ClF3N8. The van der Waals surface area contributed by atoms with Gasteiger partial charge >= 0.3 is 0 Å². The van der Waals surface area contributed by atoms with Crippen molar-refractivity contribution < 1.29 is 13.2 Å². The molecule has 184 valence electrons. The normalized spacial score (nSPS) is 15.9. The van der Waals surface area contributed by atoms with Crippen LogP contribution < -0.4 is 15.5 Å². The second-order valence-electron chi connectivity index (χ2n) is 8.76. The minimum Gasteiger partial charge on any atom is -0.353 e. The van der Waals surface area contributed by atoms with Gasteiger partial charge in [0.1, 0.15) is 17.2 Å². The van der Waals surface area contributed by atoms with Gasteiger partial charge in [0.25, 0.3) is 5.95 Å². The van der Waals surface area contributed by atoms with E-state index in [1.54, 1.807) is 12.1 Å². The zero-order valence-corrected chi connectivity index (χ0v) is 19.7. The average Bonchev–Trinajstić information content (AvgIpc) is 3.73. The van der Waals surface area contributed by atoms with Gasteiger partial charge < -0.3 is 15.5 Å². The Kier molecular flexibility index (Phi) is 5.81. The molecule has 2 fully saturated rings. The molecule has 36 heavy (non-hydrogen) atoms. The lowest BCUT2D eigenvalue weighted by molar-refractivity contribution is 0.467. The highest BCUT2D eigenvalue weighted by molar-refractivity contribution is 6.34. The minimum atomic E-state index is -1.41. The lowest BCUT2D eigenvalue weighted by Gasteiger charge is -2.30. The fraction of sp³-hybridized carbons (Fsp3) is 0.292. The molecule has 12 heteroatoms. The molecule has 0 radical (unpaired) electrons. The van der Waals surface area contributed by atoms with Crippen LogP contribution in [-0.4, -0.2) is 51.1 Å². The Bertz CT molecular complexity index is 1470. The SMILES string of the molecule is Fc1cc(F)c(Nc2cc(-c3nc(N4CCNCC4)c4c(C5CC5)cnc(Cl)c4n3)ccn2)nc1F. The number of aromatic nitrogens is 5. The van der Waals surface area contributed by atoms with Gasteiger partial charge in [-0.2, -0.15) is 9.37 Å². The van der Waals surface area contributed by atoms with E-state index in [9.17, 15) is 13.2 Å². The molecule has 6 rings (SSSR count). The highest BCUT2D eigenvalue weighted by Gasteiger charge is 2.30. The molecule has 0 amide bonds. The van der Waals surface area contributed by atoms with Gasteiger partial charge in [0.05, 0.1) is 5.39 Å².